The van der Waals surface area contributed by atoms with E-state index in [9.17, 15) is 4.79 Å². The zero-order chi connectivity index (χ0) is 18.6. The summed E-state index contributed by atoms with van der Waals surface area (Å²) in [5, 5.41) is 16.0. The first-order valence-corrected chi connectivity index (χ1v) is 9.23. The number of hydrogen-bond acceptors (Lipinski definition) is 5. The lowest BCUT2D eigenvalue weighted by atomic mass is 9.79. The van der Waals surface area contributed by atoms with Crippen LogP contribution in [0, 0.1) is 0 Å². The standard InChI is InChI=1S/C19H23N7O/c1-25-17(13-26-10-2-7-21-26)23-24-19(25)15-11-16(12-15)22-18(27)4-3-14-5-8-20-9-6-14/h2,5-10,15-16H,3-4,11-13H2,1H3,(H,22,27). The number of nitrogens with zero attached hydrogens (tertiary/aromatic N) is 6. The smallest absolute Gasteiger partial charge is 0.220 e. The van der Waals surface area contributed by atoms with Crippen LogP contribution in [-0.4, -0.2) is 41.5 Å². The van der Waals surface area contributed by atoms with E-state index in [1.807, 2.05) is 40.7 Å². The number of pyridine rings is 1. The molecule has 1 aliphatic rings. The van der Waals surface area contributed by atoms with Crippen LogP contribution in [0.15, 0.2) is 43.0 Å². The SMILES string of the molecule is Cn1c(Cn2cccn2)nnc1C1CC(NC(=O)CCc2ccncc2)C1. The largest absolute Gasteiger partial charge is 0.353 e. The first kappa shape index (κ1) is 17.4. The van der Waals surface area contributed by atoms with Gasteiger partial charge in [-0.1, -0.05) is 0 Å². The van der Waals surface area contributed by atoms with Crippen LogP contribution >= 0.6 is 0 Å². The minimum atomic E-state index is 0.104. The van der Waals surface area contributed by atoms with E-state index in [4.69, 9.17) is 0 Å². The van der Waals surface area contributed by atoms with Gasteiger partial charge in [0.05, 0.1) is 0 Å². The van der Waals surface area contributed by atoms with Gasteiger partial charge in [0.15, 0.2) is 5.82 Å². The Morgan fingerprint density at radius 3 is 2.78 bits per heavy atom. The van der Waals surface area contributed by atoms with Gasteiger partial charge < -0.3 is 9.88 Å². The van der Waals surface area contributed by atoms with Crippen LogP contribution in [0.1, 0.15) is 42.4 Å². The number of nitrogens with one attached hydrogen (secondary N) is 1. The maximum absolute atomic E-state index is 12.1. The van der Waals surface area contributed by atoms with E-state index in [0.717, 1.165) is 36.5 Å². The lowest BCUT2D eigenvalue weighted by Gasteiger charge is -2.35. The van der Waals surface area contributed by atoms with E-state index >= 15 is 0 Å². The maximum atomic E-state index is 12.1. The molecule has 1 aliphatic carbocycles. The molecular formula is C19H23N7O. The number of aryl methyl sites for hydroxylation is 1. The van der Waals surface area contributed by atoms with Crippen molar-refractivity contribution in [1.82, 2.24) is 34.8 Å². The monoisotopic (exact) mass is 365 g/mol. The second kappa shape index (κ2) is 7.69. The summed E-state index contributed by atoms with van der Waals surface area (Å²) in [6.45, 7) is 0.610. The molecule has 140 valence electrons. The summed E-state index contributed by atoms with van der Waals surface area (Å²) in [4.78, 5) is 16.1. The third-order valence-electron chi connectivity index (χ3n) is 5.12. The van der Waals surface area contributed by atoms with Crippen molar-refractivity contribution in [2.45, 2.75) is 44.2 Å². The third kappa shape index (κ3) is 4.05. The number of aromatic nitrogens is 6. The molecule has 1 N–H and O–H groups in total. The number of carbonyl (C=O) groups excluding carboxylic acids is 1. The average molecular weight is 365 g/mol. The Kier molecular flexibility index (Phi) is 4.95. The van der Waals surface area contributed by atoms with Gasteiger partial charge in [0, 0.05) is 50.2 Å². The predicted octanol–water partition coefficient (Wildman–Crippen LogP) is 1.45. The van der Waals surface area contributed by atoms with Gasteiger partial charge in [0.1, 0.15) is 12.4 Å². The lowest BCUT2D eigenvalue weighted by Crippen LogP contribution is -2.44. The fourth-order valence-electron chi connectivity index (χ4n) is 3.46. The minimum absolute atomic E-state index is 0.104. The highest BCUT2D eigenvalue weighted by atomic mass is 16.1. The molecule has 4 rings (SSSR count). The van der Waals surface area contributed by atoms with E-state index in [-0.39, 0.29) is 11.9 Å². The number of rotatable bonds is 7. The van der Waals surface area contributed by atoms with Gasteiger partial charge in [-0.3, -0.25) is 14.5 Å². The molecule has 0 unspecified atom stereocenters. The summed E-state index contributed by atoms with van der Waals surface area (Å²) in [6, 6.07) is 6.01. The van der Waals surface area contributed by atoms with Crippen LogP contribution in [0.5, 0.6) is 0 Å². The summed E-state index contributed by atoms with van der Waals surface area (Å²) in [5.41, 5.74) is 1.13. The van der Waals surface area contributed by atoms with Crippen molar-refractivity contribution >= 4 is 5.91 Å². The average Bonchev–Trinajstić information content (AvgIpc) is 3.28. The maximum Gasteiger partial charge on any atom is 0.220 e. The second-order valence-corrected chi connectivity index (χ2v) is 7.03. The van der Waals surface area contributed by atoms with Crippen LogP contribution in [-0.2, 0) is 24.8 Å². The molecule has 1 saturated carbocycles. The van der Waals surface area contributed by atoms with E-state index in [1.165, 1.54) is 0 Å². The Morgan fingerprint density at radius 2 is 2.04 bits per heavy atom. The quantitative estimate of drug-likeness (QED) is 0.684. The Bertz CT molecular complexity index is 882. The number of amides is 1. The van der Waals surface area contributed by atoms with Crippen molar-refractivity contribution in [2.24, 2.45) is 7.05 Å². The third-order valence-corrected chi connectivity index (χ3v) is 5.12. The minimum Gasteiger partial charge on any atom is -0.353 e. The Morgan fingerprint density at radius 1 is 1.22 bits per heavy atom. The number of hydrogen-bond donors (Lipinski definition) is 1. The van der Waals surface area contributed by atoms with Gasteiger partial charge in [-0.2, -0.15) is 5.10 Å². The molecule has 0 aromatic carbocycles. The van der Waals surface area contributed by atoms with Crippen LogP contribution < -0.4 is 5.32 Å². The summed E-state index contributed by atoms with van der Waals surface area (Å²) in [7, 11) is 1.99. The van der Waals surface area contributed by atoms with E-state index in [1.54, 1.807) is 18.6 Å². The van der Waals surface area contributed by atoms with Crippen LogP contribution in [0.4, 0.5) is 0 Å². The van der Waals surface area contributed by atoms with Crippen molar-refractivity contribution in [3.05, 3.63) is 60.2 Å². The molecule has 8 heteroatoms. The van der Waals surface area contributed by atoms with Crippen LogP contribution in [0.25, 0.3) is 0 Å². The molecule has 3 aromatic heterocycles. The number of carbonyl (C=O) groups is 1. The van der Waals surface area contributed by atoms with Gasteiger partial charge in [0.2, 0.25) is 5.91 Å². The molecular weight excluding hydrogens is 342 g/mol. The van der Waals surface area contributed by atoms with Crippen LogP contribution in [0.3, 0.4) is 0 Å². The van der Waals surface area contributed by atoms with Gasteiger partial charge in [-0.25, -0.2) is 0 Å². The molecule has 1 amide bonds. The van der Waals surface area contributed by atoms with Crippen LogP contribution in [0.2, 0.25) is 0 Å². The van der Waals surface area contributed by atoms with Crippen molar-refractivity contribution in [3.8, 4) is 0 Å². The Balaban J connectivity index is 1.25. The topological polar surface area (TPSA) is 90.5 Å². The molecule has 3 heterocycles. The molecule has 0 radical (unpaired) electrons. The molecule has 1 fully saturated rings. The van der Waals surface area contributed by atoms with E-state index < -0.39 is 0 Å². The normalized spacial score (nSPS) is 18.9. The lowest BCUT2D eigenvalue weighted by molar-refractivity contribution is -0.122. The predicted molar refractivity (Wildman–Crippen MR) is 98.8 cm³/mol. The first-order chi connectivity index (χ1) is 13.2. The molecule has 0 atom stereocenters. The summed E-state index contributed by atoms with van der Waals surface area (Å²) in [5.74, 6) is 2.32. The van der Waals surface area contributed by atoms with Crippen molar-refractivity contribution in [3.63, 3.8) is 0 Å². The highest BCUT2D eigenvalue weighted by Gasteiger charge is 2.34. The summed E-state index contributed by atoms with van der Waals surface area (Å²) >= 11 is 0. The fraction of sp³-hybridized carbons (Fsp3) is 0.421. The molecule has 0 bridgehead atoms. The Hall–Kier alpha value is -3.03. The van der Waals surface area contributed by atoms with Crippen molar-refractivity contribution in [2.75, 3.05) is 0 Å². The molecule has 27 heavy (non-hydrogen) atoms. The van der Waals surface area contributed by atoms with Gasteiger partial charge in [-0.15, -0.1) is 10.2 Å². The Labute approximate surface area is 157 Å². The van der Waals surface area contributed by atoms with Crippen molar-refractivity contribution in [1.29, 1.82) is 0 Å². The van der Waals surface area contributed by atoms with Gasteiger partial charge in [0.25, 0.3) is 0 Å². The van der Waals surface area contributed by atoms with E-state index in [0.29, 0.717) is 18.9 Å². The zero-order valence-electron chi connectivity index (χ0n) is 15.3. The highest BCUT2D eigenvalue weighted by molar-refractivity contribution is 5.76. The van der Waals surface area contributed by atoms with Crippen molar-refractivity contribution < 1.29 is 4.79 Å². The van der Waals surface area contributed by atoms with Gasteiger partial charge >= 0.3 is 0 Å². The molecule has 0 spiro atoms. The van der Waals surface area contributed by atoms with Gasteiger partial charge in [-0.05, 0) is 43.0 Å². The fourth-order valence-corrected chi connectivity index (χ4v) is 3.46. The molecule has 8 nitrogen and oxygen atoms in total. The van der Waals surface area contributed by atoms with E-state index in [2.05, 4.69) is 25.6 Å². The molecule has 0 saturated heterocycles. The second-order valence-electron chi connectivity index (χ2n) is 7.03. The zero-order valence-corrected chi connectivity index (χ0v) is 15.3. The highest BCUT2D eigenvalue weighted by Crippen LogP contribution is 2.35. The summed E-state index contributed by atoms with van der Waals surface area (Å²) < 4.78 is 3.88. The summed E-state index contributed by atoms with van der Waals surface area (Å²) in [6.07, 6.45) is 10.2. The molecule has 0 aliphatic heterocycles. The molecule has 3 aromatic rings. The first-order valence-electron chi connectivity index (χ1n) is 9.23.